The van der Waals surface area contributed by atoms with Crippen molar-refractivity contribution in [1.82, 2.24) is 19.8 Å². The molecule has 1 aliphatic rings. The van der Waals surface area contributed by atoms with Crippen LogP contribution >= 0.6 is 0 Å². The number of hydrogen-bond donors (Lipinski definition) is 1. The van der Waals surface area contributed by atoms with E-state index in [1.165, 1.54) is 29.3 Å². The molecule has 1 amide bonds. The number of carbonyl (C=O) groups is 1. The highest BCUT2D eigenvalue weighted by Gasteiger charge is 2.21. The van der Waals surface area contributed by atoms with E-state index in [0.29, 0.717) is 12.6 Å². The Balaban J connectivity index is 1.38. The summed E-state index contributed by atoms with van der Waals surface area (Å²) in [6.07, 6.45) is 9.44. The van der Waals surface area contributed by atoms with Gasteiger partial charge in [-0.05, 0) is 54.0 Å². The standard InChI is InChI=1S/C23H28N4O/c1-18(28)25-17-20-4-5-21-7-14-27(23(21)15-20)22-8-12-26(13-9-22)11-6-19-3-2-10-24-16-19/h2-5,7,10,14-16,22H,6,8-9,11-13,17H2,1H3,(H,25,28). The summed E-state index contributed by atoms with van der Waals surface area (Å²) in [5.41, 5.74) is 3.74. The van der Waals surface area contributed by atoms with E-state index in [0.717, 1.165) is 31.6 Å². The van der Waals surface area contributed by atoms with E-state index < -0.39 is 0 Å². The predicted octanol–water partition coefficient (Wildman–Crippen LogP) is 3.55. The number of fused-ring (bicyclic) bond motifs is 1. The van der Waals surface area contributed by atoms with E-state index in [-0.39, 0.29) is 5.91 Å². The smallest absolute Gasteiger partial charge is 0.217 e. The quantitative estimate of drug-likeness (QED) is 0.716. The lowest BCUT2D eigenvalue weighted by Gasteiger charge is -2.33. The number of piperidine rings is 1. The minimum atomic E-state index is 0.00846. The van der Waals surface area contributed by atoms with Crippen LogP contribution in [-0.4, -0.2) is 40.0 Å². The Labute approximate surface area is 166 Å². The molecule has 1 N–H and O–H groups in total. The molecule has 0 bridgehead atoms. The molecule has 0 aliphatic carbocycles. The fourth-order valence-corrected chi connectivity index (χ4v) is 4.10. The number of rotatable bonds is 6. The molecule has 0 saturated carbocycles. The van der Waals surface area contributed by atoms with Crippen LogP contribution in [-0.2, 0) is 17.8 Å². The van der Waals surface area contributed by atoms with E-state index in [9.17, 15) is 4.79 Å². The summed E-state index contributed by atoms with van der Waals surface area (Å²) in [5.74, 6) is 0.00846. The summed E-state index contributed by atoms with van der Waals surface area (Å²) in [4.78, 5) is 18.0. The van der Waals surface area contributed by atoms with Crippen LogP contribution in [0, 0.1) is 0 Å². The fourth-order valence-electron chi connectivity index (χ4n) is 4.10. The second kappa shape index (κ2) is 8.57. The average molecular weight is 377 g/mol. The highest BCUT2D eigenvalue weighted by atomic mass is 16.1. The molecule has 5 heteroatoms. The monoisotopic (exact) mass is 376 g/mol. The third-order valence-electron chi connectivity index (χ3n) is 5.72. The molecule has 3 aromatic rings. The minimum Gasteiger partial charge on any atom is -0.352 e. The van der Waals surface area contributed by atoms with Gasteiger partial charge < -0.3 is 14.8 Å². The molecule has 1 saturated heterocycles. The van der Waals surface area contributed by atoms with Crippen LogP contribution in [0.15, 0.2) is 55.0 Å². The first kappa shape index (κ1) is 18.7. The van der Waals surface area contributed by atoms with E-state index in [2.05, 4.69) is 56.3 Å². The summed E-state index contributed by atoms with van der Waals surface area (Å²) in [5, 5.41) is 4.16. The third kappa shape index (κ3) is 4.42. The van der Waals surface area contributed by atoms with Crippen LogP contribution in [0.25, 0.3) is 10.9 Å². The zero-order valence-corrected chi connectivity index (χ0v) is 16.5. The van der Waals surface area contributed by atoms with Gasteiger partial charge in [0.25, 0.3) is 0 Å². The van der Waals surface area contributed by atoms with E-state index in [4.69, 9.17) is 0 Å². The second-order valence-electron chi connectivity index (χ2n) is 7.71. The Morgan fingerprint density at radius 1 is 1.18 bits per heavy atom. The number of amides is 1. The second-order valence-corrected chi connectivity index (χ2v) is 7.71. The molecule has 0 unspecified atom stereocenters. The zero-order chi connectivity index (χ0) is 19.3. The van der Waals surface area contributed by atoms with Gasteiger partial charge in [0.15, 0.2) is 0 Å². The Hall–Kier alpha value is -2.66. The molecule has 0 spiro atoms. The number of nitrogens with zero attached hydrogens (tertiary/aromatic N) is 3. The number of aromatic nitrogens is 2. The maximum atomic E-state index is 11.2. The van der Waals surface area contributed by atoms with Crippen molar-refractivity contribution in [3.05, 3.63) is 66.1 Å². The average Bonchev–Trinajstić information content (AvgIpc) is 3.15. The van der Waals surface area contributed by atoms with Crippen LogP contribution in [0.2, 0.25) is 0 Å². The molecule has 146 valence electrons. The van der Waals surface area contributed by atoms with Gasteiger partial charge in [-0.3, -0.25) is 9.78 Å². The van der Waals surface area contributed by atoms with Crippen molar-refractivity contribution < 1.29 is 4.79 Å². The Bertz CT molecular complexity index is 926. The molecule has 3 heterocycles. The van der Waals surface area contributed by atoms with Gasteiger partial charge in [0.05, 0.1) is 0 Å². The first-order chi connectivity index (χ1) is 13.7. The molecule has 2 aromatic heterocycles. The summed E-state index contributed by atoms with van der Waals surface area (Å²) < 4.78 is 2.44. The van der Waals surface area contributed by atoms with E-state index in [1.807, 2.05) is 18.5 Å². The van der Waals surface area contributed by atoms with Crippen molar-refractivity contribution in [2.24, 2.45) is 0 Å². The van der Waals surface area contributed by atoms with Gasteiger partial charge >= 0.3 is 0 Å². The van der Waals surface area contributed by atoms with Crippen LogP contribution in [0.4, 0.5) is 0 Å². The molecular weight excluding hydrogens is 348 g/mol. The molecular formula is C23H28N4O. The van der Waals surface area contributed by atoms with Crippen LogP contribution in [0.5, 0.6) is 0 Å². The summed E-state index contributed by atoms with van der Waals surface area (Å²) in [7, 11) is 0. The van der Waals surface area contributed by atoms with Crippen LogP contribution in [0.1, 0.15) is 36.9 Å². The SMILES string of the molecule is CC(=O)NCc1ccc2ccn(C3CCN(CCc4cccnc4)CC3)c2c1. The maximum Gasteiger partial charge on any atom is 0.217 e. The molecule has 1 fully saturated rings. The van der Waals surface area contributed by atoms with Crippen molar-refractivity contribution in [2.75, 3.05) is 19.6 Å². The van der Waals surface area contributed by atoms with Crippen molar-refractivity contribution in [3.63, 3.8) is 0 Å². The molecule has 0 radical (unpaired) electrons. The van der Waals surface area contributed by atoms with Gasteiger partial charge in [-0.15, -0.1) is 0 Å². The molecule has 1 aliphatic heterocycles. The number of likely N-dealkylation sites (tertiary alicyclic amines) is 1. The van der Waals surface area contributed by atoms with Crippen LogP contribution < -0.4 is 5.32 Å². The Kier molecular flexibility index (Phi) is 5.72. The van der Waals surface area contributed by atoms with Crippen molar-refractivity contribution >= 4 is 16.8 Å². The molecule has 28 heavy (non-hydrogen) atoms. The zero-order valence-electron chi connectivity index (χ0n) is 16.5. The van der Waals surface area contributed by atoms with Gasteiger partial charge in [0, 0.05) is 63.3 Å². The lowest BCUT2D eigenvalue weighted by molar-refractivity contribution is -0.119. The minimum absolute atomic E-state index is 0.00846. The number of carbonyl (C=O) groups excluding carboxylic acids is 1. The number of benzene rings is 1. The van der Waals surface area contributed by atoms with Gasteiger partial charge in [-0.2, -0.15) is 0 Å². The van der Waals surface area contributed by atoms with Gasteiger partial charge in [0.1, 0.15) is 0 Å². The van der Waals surface area contributed by atoms with E-state index in [1.54, 1.807) is 6.92 Å². The molecule has 1 aromatic carbocycles. The fraction of sp³-hybridized carbons (Fsp3) is 0.391. The highest BCUT2D eigenvalue weighted by Crippen LogP contribution is 2.28. The first-order valence-electron chi connectivity index (χ1n) is 10.1. The summed E-state index contributed by atoms with van der Waals surface area (Å²) >= 11 is 0. The lowest BCUT2D eigenvalue weighted by Crippen LogP contribution is -2.35. The third-order valence-corrected chi connectivity index (χ3v) is 5.72. The number of pyridine rings is 1. The summed E-state index contributed by atoms with van der Waals surface area (Å²) in [6, 6.07) is 13.4. The van der Waals surface area contributed by atoms with Gasteiger partial charge in [-0.25, -0.2) is 0 Å². The predicted molar refractivity (Wildman–Crippen MR) is 112 cm³/mol. The van der Waals surface area contributed by atoms with Gasteiger partial charge in [0.2, 0.25) is 5.91 Å². The van der Waals surface area contributed by atoms with Crippen LogP contribution in [0.3, 0.4) is 0 Å². The van der Waals surface area contributed by atoms with Crippen molar-refractivity contribution in [2.45, 2.75) is 38.8 Å². The number of nitrogens with one attached hydrogen (secondary N) is 1. The topological polar surface area (TPSA) is 50.2 Å². The maximum absolute atomic E-state index is 11.2. The first-order valence-corrected chi connectivity index (χ1v) is 10.1. The van der Waals surface area contributed by atoms with Gasteiger partial charge in [-0.1, -0.05) is 18.2 Å². The lowest BCUT2D eigenvalue weighted by atomic mass is 10.0. The van der Waals surface area contributed by atoms with E-state index >= 15 is 0 Å². The molecule has 4 rings (SSSR count). The number of hydrogen-bond acceptors (Lipinski definition) is 3. The van der Waals surface area contributed by atoms with Crippen molar-refractivity contribution in [1.29, 1.82) is 0 Å². The van der Waals surface area contributed by atoms with Crippen molar-refractivity contribution in [3.8, 4) is 0 Å². The molecule has 0 atom stereocenters. The molecule has 5 nitrogen and oxygen atoms in total. The normalized spacial score (nSPS) is 15.8. The largest absolute Gasteiger partial charge is 0.352 e. The Morgan fingerprint density at radius 3 is 2.79 bits per heavy atom. The highest BCUT2D eigenvalue weighted by molar-refractivity contribution is 5.81. The Morgan fingerprint density at radius 2 is 2.04 bits per heavy atom. The summed E-state index contributed by atoms with van der Waals surface area (Å²) in [6.45, 7) is 5.52.